The van der Waals surface area contributed by atoms with Crippen molar-refractivity contribution in [3.8, 4) is 0 Å². The van der Waals surface area contributed by atoms with E-state index in [-0.39, 0.29) is 30.8 Å². The first kappa shape index (κ1) is 23.7. The minimum absolute atomic E-state index is 0.0237. The van der Waals surface area contributed by atoms with E-state index in [1.165, 1.54) is 6.08 Å². The number of hydrogen-bond donors (Lipinski definition) is 2. The lowest BCUT2D eigenvalue weighted by Gasteiger charge is -2.31. The van der Waals surface area contributed by atoms with E-state index >= 15 is 0 Å². The van der Waals surface area contributed by atoms with Crippen molar-refractivity contribution < 1.29 is 19.1 Å². The summed E-state index contributed by atoms with van der Waals surface area (Å²) in [6.07, 6.45) is 4.28. The summed E-state index contributed by atoms with van der Waals surface area (Å²) in [6, 6.07) is 7.37. The number of benzene rings is 1. The lowest BCUT2D eigenvalue weighted by Crippen LogP contribution is -2.46. The standard InChI is InChI=1S/C22H30ClN3O4/c1-22(2,3)30-21(29)24-13-10-19(27)25-17-11-14-26(15-12-17)20(28)9-8-16-6-4-5-7-18(16)23/h4-9,17H,10-15H2,1-3H3,(H,24,29)(H,25,27)/b9-8+. The summed E-state index contributed by atoms with van der Waals surface area (Å²) >= 11 is 6.10. The Morgan fingerprint density at radius 1 is 1.20 bits per heavy atom. The molecule has 7 nitrogen and oxygen atoms in total. The Kier molecular flexibility index (Phi) is 8.72. The Morgan fingerprint density at radius 3 is 2.50 bits per heavy atom. The summed E-state index contributed by atoms with van der Waals surface area (Å²) in [7, 11) is 0. The molecule has 0 radical (unpaired) electrons. The highest BCUT2D eigenvalue weighted by molar-refractivity contribution is 6.32. The molecule has 0 spiro atoms. The number of halogens is 1. The van der Waals surface area contributed by atoms with Crippen molar-refractivity contribution in [3.63, 3.8) is 0 Å². The van der Waals surface area contributed by atoms with Crippen LogP contribution in [0.25, 0.3) is 6.08 Å². The van der Waals surface area contributed by atoms with Gasteiger partial charge >= 0.3 is 6.09 Å². The van der Waals surface area contributed by atoms with Crippen LogP contribution in [0.3, 0.4) is 0 Å². The lowest BCUT2D eigenvalue weighted by atomic mass is 10.0. The van der Waals surface area contributed by atoms with E-state index in [1.54, 1.807) is 37.8 Å². The first-order chi connectivity index (χ1) is 14.1. The van der Waals surface area contributed by atoms with Gasteiger partial charge in [0, 0.05) is 43.2 Å². The number of rotatable bonds is 6. The number of likely N-dealkylation sites (tertiary alicyclic amines) is 1. The zero-order chi connectivity index (χ0) is 22.1. The average Bonchev–Trinajstić information content (AvgIpc) is 2.66. The fourth-order valence-corrected chi connectivity index (χ4v) is 3.21. The van der Waals surface area contributed by atoms with Crippen LogP contribution in [-0.2, 0) is 14.3 Å². The maximum absolute atomic E-state index is 12.4. The molecule has 1 aliphatic rings. The van der Waals surface area contributed by atoms with Crippen molar-refractivity contribution in [2.75, 3.05) is 19.6 Å². The summed E-state index contributed by atoms with van der Waals surface area (Å²) in [5.41, 5.74) is 0.231. The van der Waals surface area contributed by atoms with Gasteiger partial charge in [0.15, 0.2) is 0 Å². The van der Waals surface area contributed by atoms with Gasteiger partial charge < -0.3 is 20.3 Å². The van der Waals surface area contributed by atoms with Gasteiger partial charge in [-0.05, 0) is 51.3 Å². The Morgan fingerprint density at radius 2 is 1.87 bits per heavy atom. The molecule has 8 heteroatoms. The topological polar surface area (TPSA) is 87.7 Å². The molecule has 1 aromatic rings. The van der Waals surface area contributed by atoms with Gasteiger partial charge in [-0.2, -0.15) is 0 Å². The first-order valence-corrected chi connectivity index (χ1v) is 10.5. The Hall–Kier alpha value is -2.54. The highest BCUT2D eigenvalue weighted by Gasteiger charge is 2.23. The van der Waals surface area contributed by atoms with Gasteiger partial charge in [0.25, 0.3) is 0 Å². The third-order valence-corrected chi connectivity index (χ3v) is 4.85. The van der Waals surface area contributed by atoms with E-state index in [9.17, 15) is 14.4 Å². The minimum atomic E-state index is -0.569. The summed E-state index contributed by atoms with van der Waals surface area (Å²) < 4.78 is 5.13. The molecular formula is C22H30ClN3O4. The Bertz CT molecular complexity index is 781. The molecule has 0 saturated carbocycles. The third kappa shape index (κ3) is 8.45. The second-order valence-electron chi connectivity index (χ2n) is 8.20. The molecule has 0 unspecified atom stereocenters. The van der Waals surface area contributed by atoms with Gasteiger partial charge in [-0.15, -0.1) is 0 Å². The molecule has 0 bridgehead atoms. The van der Waals surface area contributed by atoms with Crippen molar-refractivity contribution in [2.45, 2.75) is 51.7 Å². The second kappa shape index (κ2) is 11.0. The number of ether oxygens (including phenoxy) is 1. The smallest absolute Gasteiger partial charge is 0.407 e. The summed E-state index contributed by atoms with van der Waals surface area (Å²) in [6.45, 7) is 6.71. The van der Waals surface area contributed by atoms with E-state index in [0.29, 0.717) is 31.0 Å². The van der Waals surface area contributed by atoms with Crippen molar-refractivity contribution in [1.82, 2.24) is 15.5 Å². The van der Waals surface area contributed by atoms with Crippen molar-refractivity contribution in [1.29, 1.82) is 0 Å². The number of carbonyl (C=O) groups is 3. The molecule has 1 saturated heterocycles. The molecule has 164 valence electrons. The summed E-state index contributed by atoms with van der Waals surface area (Å²) in [5, 5.41) is 6.13. The number of carbonyl (C=O) groups excluding carboxylic acids is 3. The van der Waals surface area contributed by atoms with Crippen LogP contribution in [0.15, 0.2) is 30.3 Å². The molecule has 1 heterocycles. The highest BCUT2D eigenvalue weighted by Crippen LogP contribution is 2.17. The summed E-state index contributed by atoms with van der Waals surface area (Å²) in [4.78, 5) is 37.8. The van der Waals surface area contributed by atoms with Gasteiger partial charge in [0.05, 0.1) is 0 Å². The van der Waals surface area contributed by atoms with Crippen LogP contribution < -0.4 is 10.6 Å². The van der Waals surface area contributed by atoms with Gasteiger partial charge in [-0.25, -0.2) is 4.79 Å². The van der Waals surface area contributed by atoms with Gasteiger partial charge in [-0.3, -0.25) is 9.59 Å². The zero-order valence-electron chi connectivity index (χ0n) is 17.7. The molecule has 1 fully saturated rings. The van der Waals surface area contributed by atoms with Gasteiger partial charge in [0.2, 0.25) is 11.8 Å². The molecular weight excluding hydrogens is 406 g/mol. The molecule has 1 aromatic carbocycles. The predicted octanol–water partition coefficient (Wildman–Crippen LogP) is 3.38. The second-order valence-corrected chi connectivity index (χ2v) is 8.61. The van der Waals surface area contributed by atoms with Crippen LogP contribution in [0.5, 0.6) is 0 Å². The molecule has 0 atom stereocenters. The van der Waals surface area contributed by atoms with Crippen LogP contribution in [0.4, 0.5) is 4.79 Å². The molecule has 2 N–H and O–H groups in total. The fraction of sp³-hybridized carbons (Fsp3) is 0.500. The minimum Gasteiger partial charge on any atom is -0.444 e. The lowest BCUT2D eigenvalue weighted by molar-refractivity contribution is -0.127. The van der Waals surface area contributed by atoms with Crippen LogP contribution >= 0.6 is 11.6 Å². The van der Waals surface area contributed by atoms with E-state index in [1.807, 2.05) is 18.2 Å². The normalized spacial score (nSPS) is 15.1. The Balaban J connectivity index is 1.67. The Labute approximate surface area is 182 Å². The quantitative estimate of drug-likeness (QED) is 0.670. The monoisotopic (exact) mass is 435 g/mol. The van der Waals surface area contributed by atoms with E-state index in [4.69, 9.17) is 16.3 Å². The molecule has 1 aliphatic heterocycles. The molecule has 30 heavy (non-hydrogen) atoms. The van der Waals surface area contributed by atoms with E-state index in [0.717, 1.165) is 5.56 Å². The van der Waals surface area contributed by atoms with Crippen LogP contribution in [-0.4, -0.2) is 54.1 Å². The number of piperidine rings is 1. The van der Waals surface area contributed by atoms with Gasteiger partial charge in [0.1, 0.15) is 5.60 Å². The molecule has 0 aromatic heterocycles. The van der Waals surface area contributed by atoms with E-state index < -0.39 is 11.7 Å². The SMILES string of the molecule is CC(C)(C)OC(=O)NCCC(=O)NC1CCN(C(=O)/C=C/c2ccccc2Cl)CC1. The average molecular weight is 436 g/mol. The van der Waals surface area contributed by atoms with Gasteiger partial charge in [-0.1, -0.05) is 29.8 Å². The fourth-order valence-electron chi connectivity index (χ4n) is 3.01. The number of alkyl carbamates (subject to hydrolysis) is 1. The van der Waals surface area contributed by atoms with Crippen molar-refractivity contribution in [2.24, 2.45) is 0 Å². The third-order valence-electron chi connectivity index (χ3n) is 4.50. The number of nitrogens with zero attached hydrogens (tertiary/aromatic N) is 1. The van der Waals surface area contributed by atoms with Crippen LogP contribution in [0.2, 0.25) is 5.02 Å². The maximum atomic E-state index is 12.4. The number of amides is 3. The number of hydrogen-bond acceptors (Lipinski definition) is 4. The van der Waals surface area contributed by atoms with Crippen molar-refractivity contribution in [3.05, 3.63) is 40.9 Å². The number of nitrogens with one attached hydrogen (secondary N) is 2. The first-order valence-electron chi connectivity index (χ1n) is 10.1. The molecule has 2 rings (SSSR count). The van der Waals surface area contributed by atoms with Crippen LogP contribution in [0.1, 0.15) is 45.6 Å². The van der Waals surface area contributed by atoms with Crippen molar-refractivity contribution >= 4 is 35.6 Å². The predicted molar refractivity (Wildman–Crippen MR) is 117 cm³/mol. The summed E-state index contributed by atoms with van der Waals surface area (Å²) in [5.74, 6) is -0.198. The van der Waals surface area contributed by atoms with Crippen LogP contribution in [0, 0.1) is 0 Å². The maximum Gasteiger partial charge on any atom is 0.407 e. The molecule has 0 aliphatic carbocycles. The largest absolute Gasteiger partial charge is 0.444 e. The van der Waals surface area contributed by atoms with E-state index in [2.05, 4.69) is 10.6 Å². The highest BCUT2D eigenvalue weighted by atomic mass is 35.5. The zero-order valence-corrected chi connectivity index (χ0v) is 18.5. The molecule has 3 amide bonds.